The summed E-state index contributed by atoms with van der Waals surface area (Å²) in [6.07, 6.45) is -4.42. The van der Waals surface area contributed by atoms with Gasteiger partial charge < -0.3 is 24.8 Å². The standard InChI is InChI=1S/C21H19F3N2O5/c1-30-20(29)17-12-26(10-11-27)19(28)18(17)25-14-4-8-16(9-5-14)31-15-6-2-13(3-7-15)21(22,23)24/h2-9,25,27H,10-12H2,1H3. The first-order chi connectivity index (χ1) is 14.7. The molecule has 1 aliphatic heterocycles. The van der Waals surface area contributed by atoms with Crippen LogP contribution in [0.15, 0.2) is 59.8 Å². The van der Waals surface area contributed by atoms with Gasteiger partial charge in [0, 0.05) is 12.2 Å². The third-order valence-electron chi connectivity index (χ3n) is 4.49. The van der Waals surface area contributed by atoms with Gasteiger partial charge in [-0.25, -0.2) is 4.79 Å². The lowest BCUT2D eigenvalue weighted by atomic mass is 10.2. The number of aliphatic hydroxyl groups is 1. The van der Waals surface area contributed by atoms with Crippen molar-refractivity contribution in [2.24, 2.45) is 0 Å². The lowest BCUT2D eigenvalue weighted by Gasteiger charge is -2.15. The Bertz CT molecular complexity index is 986. The molecular weight excluding hydrogens is 417 g/mol. The summed E-state index contributed by atoms with van der Waals surface area (Å²) >= 11 is 0. The maximum Gasteiger partial charge on any atom is 0.416 e. The molecule has 1 aliphatic rings. The zero-order valence-electron chi connectivity index (χ0n) is 16.4. The Morgan fingerprint density at radius 3 is 2.19 bits per heavy atom. The Labute approximate surface area is 175 Å². The molecule has 0 spiro atoms. The van der Waals surface area contributed by atoms with E-state index in [1.54, 1.807) is 24.3 Å². The van der Waals surface area contributed by atoms with Crippen molar-refractivity contribution in [2.45, 2.75) is 6.18 Å². The van der Waals surface area contributed by atoms with Gasteiger partial charge in [0.1, 0.15) is 17.2 Å². The van der Waals surface area contributed by atoms with Gasteiger partial charge in [0.25, 0.3) is 5.91 Å². The van der Waals surface area contributed by atoms with Crippen molar-refractivity contribution < 1.29 is 37.3 Å². The lowest BCUT2D eigenvalue weighted by Crippen LogP contribution is -2.31. The van der Waals surface area contributed by atoms with Crippen LogP contribution >= 0.6 is 0 Å². The highest BCUT2D eigenvalue weighted by atomic mass is 19.4. The summed E-state index contributed by atoms with van der Waals surface area (Å²) in [5, 5.41) is 12.0. The molecule has 7 nitrogen and oxygen atoms in total. The molecule has 10 heteroatoms. The summed E-state index contributed by atoms with van der Waals surface area (Å²) in [4.78, 5) is 25.8. The number of hydrogen-bond acceptors (Lipinski definition) is 6. The van der Waals surface area contributed by atoms with Gasteiger partial charge in [0.05, 0.1) is 31.4 Å². The maximum atomic E-state index is 12.6. The number of halogens is 3. The molecular formula is C21H19F3N2O5. The molecule has 1 heterocycles. The number of nitrogens with one attached hydrogen (secondary N) is 1. The van der Waals surface area contributed by atoms with Gasteiger partial charge in [0.2, 0.25) is 0 Å². The summed E-state index contributed by atoms with van der Waals surface area (Å²) in [5.74, 6) is -0.500. The van der Waals surface area contributed by atoms with Crippen LogP contribution in [0.1, 0.15) is 5.56 Å². The molecule has 0 bridgehead atoms. The molecule has 0 fully saturated rings. The first-order valence-corrected chi connectivity index (χ1v) is 9.16. The number of rotatable bonds is 7. The number of alkyl halides is 3. The zero-order chi connectivity index (χ0) is 22.6. The number of nitrogens with zero attached hydrogens (tertiary/aromatic N) is 1. The molecule has 2 aromatic carbocycles. The fraction of sp³-hybridized carbons (Fsp3) is 0.238. The fourth-order valence-corrected chi connectivity index (χ4v) is 2.95. The van der Waals surface area contributed by atoms with Crippen LogP contribution in [-0.4, -0.2) is 48.7 Å². The molecule has 0 unspecified atom stereocenters. The second kappa shape index (κ2) is 9.09. The second-order valence-corrected chi connectivity index (χ2v) is 6.57. The molecule has 0 aliphatic carbocycles. The molecule has 31 heavy (non-hydrogen) atoms. The minimum absolute atomic E-state index is 0.0174. The quantitative estimate of drug-likeness (QED) is 0.649. The smallest absolute Gasteiger partial charge is 0.416 e. The zero-order valence-corrected chi connectivity index (χ0v) is 16.4. The number of carbonyl (C=O) groups excluding carboxylic acids is 2. The summed E-state index contributed by atoms with van der Waals surface area (Å²) in [5.41, 5.74) is -0.0938. The van der Waals surface area contributed by atoms with Crippen molar-refractivity contribution >= 4 is 17.6 Å². The van der Waals surface area contributed by atoms with Gasteiger partial charge >= 0.3 is 12.1 Å². The van der Waals surface area contributed by atoms with E-state index >= 15 is 0 Å². The highest BCUT2D eigenvalue weighted by molar-refractivity contribution is 6.08. The molecule has 0 saturated heterocycles. The normalized spacial score (nSPS) is 14.1. The molecule has 1 amide bonds. The number of amides is 1. The van der Waals surface area contributed by atoms with Crippen molar-refractivity contribution in [3.8, 4) is 11.5 Å². The van der Waals surface area contributed by atoms with Gasteiger partial charge in [-0.15, -0.1) is 0 Å². The second-order valence-electron chi connectivity index (χ2n) is 6.57. The third-order valence-corrected chi connectivity index (χ3v) is 4.49. The largest absolute Gasteiger partial charge is 0.466 e. The molecule has 0 radical (unpaired) electrons. The SMILES string of the molecule is COC(=O)C1=C(Nc2ccc(Oc3ccc(C(F)(F)F)cc3)cc2)C(=O)N(CCO)C1. The van der Waals surface area contributed by atoms with Gasteiger partial charge in [-0.05, 0) is 48.5 Å². The number of hydrogen-bond donors (Lipinski definition) is 2. The number of carbonyl (C=O) groups is 2. The minimum atomic E-state index is -4.42. The Morgan fingerprint density at radius 1 is 1.10 bits per heavy atom. The van der Waals surface area contributed by atoms with E-state index in [0.29, 0.717) is 11.4 Å². The molecule has 0 aromatic heterocycles. The number of β-amino-alcohol motifs (C(OH)–C–C–N with tert-alkyl or cyclic N) is 1. The minimum Gasteiger partial charge on any atom is -0.466 e. The van der Waals surface area contributed by atoms with Gasteiger partial charge in [-0.1, -0.05) is 0 Å². The van der Waals surface area contributed by atoms with Crippen LogP contribution in [-0.2, 0) is 20.5 Å². The summed E-state index contributed by atoms with van der Waals surface area (Å²) < 4.78 is 48.2. The number of esters is 1. The van der Waals surface area contributed by atoms with E-state index in [0.717, 1.165) is 12.1 Å². The molecule has 3 rings (SSSR count). The van der Waals surface area contributed by atoms with Gasteiger partial charge in [-0.3, -0.25) is 4.79 Å². The highest BCUT2D eigenvalue weighted by Crippen LogP contribution is 2.32. The van der Waals surface area contributed by atoms with Crippen LogP contribution in [0.4, 0.5) is 18.9 Å². The Balaban J connectivity index is 1.72. The van der Waals surface area contributed by atoms with Gasteiger partial charge in [-0.2, -0.15) is 13.2 Å². The molecule has 2 aromatic rings. The number of benzene rings is 2. The topological polar surface area (TPSA) is 88.1 Å². The van der Waals surface area contributed by atoms with Crippen molar-refractivity contribution in [3.05, 3.63) is 65.4 Å². The maximum absolute atomic E-state index is 12.6. The number of aliphatic hydroxyl groups excluding tert-OH is 1. The van der Waals surface area contributed by atoms with Crippen LogP contribution in [0, 0.1) is 0 Å². The van der Waals surface area contributed by atoms with Crippen molar-refractivity contribution in [3.63, 3.8) is 0 Å². The van der Waals surface area contributed by atoms with E-state index in [9.17, 15) is 22.8 Å². The van der Waals surface area contributed by atoms with Crippen LogP contribution in [0.2, 0.25) is 0 Å². The predicted molar refractivity (Wildman–Crippen MR) is 104 cm³/mol. The van der Waals surface area contributed by atoms with Crippen molar-refractivity contribution in [2.75, 3.05) is 32.1 Å². The van der Waals surface area contributed by atoms with Crippen molar-refractivity contribution in [1.29, 1.82) is 0 Å². The number of ether oxygens (including phenoxy) is 2. The van der Waals surface area contributed by atoms with E-state index < -0.39 is 23.6 Å². The number of anilines is 1. The van der Waals surface area contributed by atoms with Crippen LogP contribution < -0.4 is 10.1 Å². The number of methoxy groups -OCH3 is 1. The van der Waals surface area contributed by atoms with E-state index in [-0.39, 0.29) is 36.7 Å². The lowest BCUT2D eigenvalue weighted by molar-refractivity contribution is -0.138. The van der Waals surface area contributed by atoms with Crippen LogP contribution in [0.5, 0.6) is 11.5 Å². The van der Waals surface area contributed by atoms with E-state index in [1.165, 1.54) is 24.1 Å². The summed E-state index contributed by atoms with van der Waals surface area (Å²) in [7, 11) is 1.21. The molecule has 2 N–H and O–H groups in total. The molecule has 0 saturated carbocycles. The van der Waals surface area contributed by atoms with E-state index in [1.807, 2.05) is 0 Å². The first-order valence-electron chi connectivity index (χ1n) is 9.16. The summed E-state index contributed by atoms with van der Waals surface area (Å²) in [6.45, 7) is -0.155. The van der Waals surface area contributed by atoms with Crippen molar-refractivity contribution in [1.82, 2.24) is 4.90 Å². The highest BCUT2D eigenvalue weighted by Gasteiger charge is 2.34. The van der Waals surface area contributed by atoms with Crippen LogP contribution in [0.3, 0.4) is 0 Å². The van der Waals surface area contributed by atoms with E-state index in [4.69, 9.17) is 14.6 Å². The predicted octanol–water partition coefficient (Wildman–Crippen LogP) is 3.17. The molecule has 164 valence electrons. The first kappa shape index (κ1) is 22.2. The van der Waals surface area contributed by atoms with Crippen LogP contribution in [0.25, 0.3) is 0 Å². The van der Waals surface area contributed by atoms with E-state index in [2.05, 4.69) is 5.32 Å². The average molecular weight is 436 g/mol. The Kier molecular flexibility index (Phi) is 6.50. The van der Waals surface area contributed by atoms with Gasteiger partial charge in [0.15, 0.2) is 0 Å². The Morgan fingerprint density at radius 2 is 1.68 bits per heavy atom. The monoisotopic (exact) mass is 436 g/mol. The third kappa shape index (κ3) is 5.15. The summed E-state index contributed by atoms with van der Waals surface area (Å²) in [6, 6.07) is 10.6. The fourth-order valence-electron chi connectivity index (χ4n) is 2.95. The molecule has 0 atom stereocenters. The Hall–Kier alpha value is -3.53. The average Bonchev–Trinajstić information content (AvgIpc) is 3.04.